The van der Waals surface area contributed by atoms with Gasteiger partial charge in [0.2, 0.25) is 0 Å². The van der Waals surface area contributed by atoms with Crippen LogP contribution in [0.2, 0.25) is 0 Å². The van der Waals surface area contributed by atoms with Gasteiger partial charge in [-0.25, -0.2) is 8.78 Å². The van der Waals surface area contributed by atoms with Gasteiger partial charge in [-0.3, -0.25) is 9.59 Å². The predicted molar refractivity (Wildman–Crippen MR) is 172 cm³/mol. The molecule has 2 atom stereocenters. The fourth-order valence-electron chi connectivity index (χ4n) is 5.33. The third kappa shape index (κ3) is 23.3. The quantitative estimate of drug-likeness (QED) is 0.0483. The molecule has 2 amide bonds. The molecule has 0 aromatic rings. The highest BCUT2D eigenvalue weighted by Crippen LogP contribution is 2.23. The fourth-order valence-corrected chi connectivity index (χ4v) is 5.33. The van der Waals surface area contributed by atoms with Crippen LogP contribution in [0.3, 0.4) is 0 Å². The van der Waals surface area contributed by atoms with Crippen molar-refractivity contribution >= 4 is 11.8 Å². The molecule has 0 aliphatic heterocycles. The minimum atomic E-state index is -0.793. The van der Waals surface area contributed by atoms with Gasteiger partial charge >= 0.3 is 0 Å². The van der Waals surface area contributed by atoms with E-state index in [1.165, 1.54) is 89.2 Å². The monoisotopic (exact) mass is 612 g/mol. The van der Waals surface area contributed by atoms with E-state index in [4.69, 9.17) is 10.2 Å². The van der Waals surface area contributed by atoms with Gasteiger partial charge in [0.15, 0.2) is 11.7 Å². The van der Waals surface area contributed by atoms with Crippen molar-refractivity contribution in [2.45, 2.75) is 173 Å². The Bertz CT molecular complexity index is 713. The Hall–Kier alpha value is -1.80. The van der Waals surface area contributed by atoms with Gasteiger partial charge in [0, 0.05) is 13.2 Å². The summed E-state index contributed by atoms with van der Waals surface area (Å²) in [5.41, 5.74) is 0. The molecule has 0 aromatic heterocycles. The molecule has 0 aromatic carbocycles. The van der Waals surface area contributed by atoms with Crippen molar-refractivity contribution in [1.29, 1.82) is 0 Å². The van der Waals surface area contributed by atoms with Crippen molar-refractivity contribution in [3.05, 3.63) is 23.8 Å². The summed E-state index contributed by atoms with van der Waals surface area (Å²) in [5, 5.41) is 22.7. The first kappa shape index (κ1) is 39.2. The zero-order valence-electron chi connectivity index (χ0n) is 26.9. The summed E-state index contributed by atoms with van der Waals surface area (Å²) in [5.74, 6) is -3.12. The topological polar surface area (TPSA) is 98.7 Å². The van der Waals surface area contributed by atoms with Gasteiger partial charge in [0.1, 0.15) is 0 Å². The smallest absolute Gasteiger partial charge is 0.279 e. The lowest BCUT2D eigenvalue weighted by Gasteiger charge is -2.05. The highest BCUT2D eigenvalue weighted by atomic mass is 19.1. The number of hydrogen-bond donors (Lipinski definition) is 4. The van der Waals surface area contributed by atoms with Gasteiger partial charge in [0.05, 0.1) is 12.1 Å². The second-order valence-corrected chi connectivity index (χ2v) is 12.3. The van der Waals surface area contributed by atoms with Crippen molar-refractivity contribution in [2.24, 2.45) is 0 Å². The molecular weight excluding hydrogens is 550 g/mol. The first-order valence-corrected chi connectivity index (χ1v) is 17.5. The molecule has 1 saturated carbocycles. The number of halogens is 2. The molecule has 0 spiro atoms. The molecule has 1 fully saturated rings. The van der Waals surface area contributed by atoms with Crippen molar-refractivity contribution in [3.63, 3.8) is 0 Å². The second kappa shape index (κ2) is 27.7. The summed E-state index contributed by atoms with van der Waals surface area (Å²) in [4.78, 5) is 24.2. The molecule has 1 aliphatic carbocycles. The number of unbranched alkanes of at least 4 members (excludes halogenated alkanes) is 22. The molecule has 0 heterocycles. The van der Waals surface area contributed by atoms with E-state index in [9.17, 15) is 18.4 Å². The summed E-state index contributed by atoms with van der Waals surface area (Å²) >= 11 is 0. The number of nitrogens with one attached hydrogen (secondary N) is 2. The van der Waals surface area contributed by atoms with Crippen LogP contribution in [0.25, 0.3) is 0 Å². The van der Waals surface area contributed by atoms with Crippen LogP contribution in [0.1, 0.15) is 161 Å². The maximum atomic E-state index is 14.2. The SMILES string of the molecule is O=C(N[C@H]1C[C@H]1NC(=O)C(F)=CCCCCCCCCCCCCCO)C(F)=CCCCCCCCCCCCCCO. The molecule has 8 heteroatoms. The first-order valence-electron chi connectivity index (χ1n) is 17.5. The summed E-state index contributed by atoms with van der Waals surface area (Å²) in [6.07, 6.45) is 28.9. The van der Waals surface area contributed by atoms with Gasteiger partial charge in [0.25, 0.3) is 11.8 Å². The van der Waals surface area contributed by atoms with Crippen molar-refractivity contribution in [3.8, 4) is 0 Å². The van der Waals surface area contributed by atoms with Gasteiger partial charge in [-0.05, 0) is 57.1 Å². The van der Waals surface area contributed by atoms with Crippen molar-refractivity contribution < 1.29 is 28.6 Å². The minimum absolute atomic E-state index is 0.293. The number of carbonyl (C=O) groups is 2. The van der Waals surface area contributed by atoms with E-state index in [1.807, 2.05) is 0 Å². The van der Waals surface area contributed by atoms with Gasteiger partial charge in [-0.1, -0.05) is 116 Å². The molecule has 250 valence electrons. The zero-order valence-corrected chi connectivity index (χ0v) is 26.9. The summed E-state index contributed by atoms with van der Waals surface area (Å²) in [6.45, 7) is 0.586. The Morgan fingerprint density at radius 2 is 0.744 bits per heavy atom. The average molecular weight is 613 g/mol. The molecule has 0 unspecified atom stereocenters. The molecule has 0 bridgehead atoms. The number of aliphatic hydroxyl groups excluding tert-OH is 2. The lowest BCUT2D eigenvalue weighted by atomic mass is 10.1. The fraction of sp³-hybridized carbons (Fsp3) is 0.829. The Morgan fingerprint density at radius 1 is 0.488 bits per heavy atom. The highest BCUT2D eigenvalue weighted by Gasteiger charge is 2.40. The molecule has 4 N–H and O–H groups in total. The number of carbonyl (C=O) groups excluding carboxylic acids is 2. The van der Waals surface area contributed by atoms with Gasteiger partial charge in [-0.2, -0.15) is 0 Å². The molecule has 43 heavy (non-hydrogen) atoms. The van der Waals surface area contributed by atoms with E-state index in [0.717, 1.165) is 64.2 Å². The maximum Gasteiger partial charge on any atom is 0.279 e. The molecule has 1 aliphatic rings. The van der Waals surface area contributed by atoms with Crippen LogP contribution in [0.5, 0.6) is 0 Å². The van der Waals surface area contributed by atoms with E-state index in [1.54, 1.807) is 0 Å². The summed E-state index contributed by atoms with van der Waals surface area (Å²) in [7, 11) is 0. The first-order chi connectivity index (χ1) is 21.0. The minimum Gasteiger partial charge on any atom is -0.396 e. The Labute approximate surface area is 260 Å². The summed E-state index contributed by atoms with van der Waals surface area (Å²) < 4.78 is 28.3. The van der Waals surface area contributed by atoms with E-state index in [0.29, 0.717) is 32.5 Å². The van der Waals surface area contributed by atoms with Gasteiger partial charge < -0.3 is 20.8 Å². The number of allylic oxidation sites excluding steroid dienone is 2. The van der Waals surface area contributed by atoms with Crippen LogP contribution < -0.4 is 10.6 Å². The van der Waals surface area contributed by atoms with Gasteiger partial charge in [-0.15, -0.1) is 0 Å². The van der Waals surface area contributed by atoms with Crippen LogP contribution in [0.4, 0.5) is 8.78 Å². The molecule has 6 nitrogen and oxygen atoms in total. The average Bonchev–Trinajstić information content (AvgIpc) is 3.73. The lowest BCUT2D eigenvalue weighted by Crippen LogP contribution is -2.35. The second-order valence-electron chi connectivity index (χ2n) is 12.3. The predicted octanol–water partition coefficient (Wildman–Crippen LogP) is 8.41. The summed E-state index contributed by atoms with van der Waals surface area (Å²) in [6, 6.07) is -0.725. The van der Waals surface area contributed by atoms with Crippen molar-refractivity contribution in [2.75, 3.05) is 13.2 Å². The molecular formula is C35H62F2N2O4. The third-order valence-electron chi connectivity index (χ3n) is 8.23. The van der Waals surface area contributed by atoms with E-state index < -0.39 is 23.5 Å². The van der Waals surface area contributed by atoms with Crippen LogP contribution in [-0.4, -0.2) is 47.3 Å². The molecule has 1 rings (SSSR count). The number of amides is 2. The number of rotatable bonds is 30. The van der Waals surface area contributed by atoms with E-state index in [2.05, 4.69) is 10.6 Å². The Kier molecular flexibility index (Phi) is 25.3. The van der Waals surface area contributed by atoms with Crippen LogP contribution in [0.15, 0.2) is 23.8 Å². The Balaban J connectivity index is 2.00. The van der Waals surface area contributed by atoms with Crippen LogP contribution in [-0.2, 0) is 9.59 Å². The standard InChI is InChI=1S/C35H62F2N2O4/c36-30(25-21-17-13-9-5-1-3-7-11-15-19-23-27-40)34(42)38-32-29-33(32)39-35(43)31(37)26-22-18-14-10-6-2-4-8-12-16-20-24-28-41/h25-26,32-33,40-41H,1-24,27-29H2,(H,38,42)(H,39,43)/t32-,33+. The number of aliphatic hydroxyl groups is 2. The number of hydrogen-bond acceptors (Lipinski definition) is 4. The molecule has 0 radical (unpaired) electrons. The van der Waals surface area contributed by atoms with Crippen molar-refractivity contribution in [1.82, 2.24) is 10.6 Å². The van der Waals surface area contributed by atoms with E-state index >= 15 is 0 Å². The zero-order chi connectivity index (χ0) is 31.4. The van der Waals surface area contributed by atoms with Crippen LogP contribution in [0, 0.1) is 0 Å². The maximum absolute atomic E-state index is 14.2. The largest absolute Gasteiger partial charge is 0.396 e. The van der Waals surface area contributed by atoms with E-state index in [-0.39, 0.29) is 12.1 Å². The van der Waals surface area contributed by atoms with Crippen LogP contribution >= 0.6 is 0 Å². The highest BCUT2D eigenvalue weighted by molar-refractivity contribution is 5.93. The molecule has 0 saturated heterocycles. The Morgan fingerprint density at radius 3 is 1.02 bits per heavy atom. The normalized spacial score (nSPS) is 16.8. The third-order valence-corrected chi connectivity index (χ3v) is 8.23. The lowest BCUT2D eigenvalue weighted by molar-refractivity contribution is -0.120.